The fourth-order valence-electron chi connectivity index (χ4n) is 2.54. The lowest BCUT2D eigenvalue weighted by atomic mass is 9.99. The Hall–Kier alpha value is -1.43. The minimum Gasteiger partial charge on any atom is -0.496 e. The molecule has 0 amide bonds. The molecule has 1 heterocycles. The van der Waals surface area contributed by atoms with E-state index in [-0.39, 0.29) is 18.9 Å². The predicted octanol–water partition coefficient (Wildman–Crippen LogP) is 3.78. The molecule has 1 aromatic carbocycles. The largest absolute Gasteiger partial charge is 0.496 e. The van der Waals surface area contributed by atoms with Crippen LogP contribution in [-0.2, 0) is 6.42 Å². The summed E-state index contributed by atoms with van der Waals surface area (Å²) in [5.41, 5.74) is 1.47. The first-order chi connectivity index (χ1) is 9.80. The van der Waals surface area contributed by atoms with E-state index in [1.165, 1.54) is 7.11 Å². The lowest BCUT2D eigenvalue weighted by Gasteiger charge is -2.16. The molecule has 2 atom stereocenters. The number of aliphatic hydroxyl groups is 1. The van der Waals surface area contributed by atoms with Gasteiger partial charge in [0.1, 0.15) is 17.6 Å². The van der Waals surface area contributed by atoms with Gasteiger partial charge in [-0.05, 0) is 31.9 Å². The van der Waals surface area contributed by atoms with Crippen LogP contribution in [0, 0.1) is 0 Å². The molecule has 1 aliphatic rings. The molecule has 0 spiro atoms. The highest BCUT2D eigenvalue weighted by Crippen LogP contribution is 2.39. The van der Waals surface area contributed by atoms with Gasteiger partial charge < -0.3 is 14.6 Å². The van der Waals surface area contributed by atoms with Crippen LogP contribution in [0.15, 0.2) is 12.1 Å². The topological polar surface area (TPSA) is 38.7 Å². The van der Waals surface area contributed by atoms with Gasteiger partial charge in [-0.1, -0.05) is 0 Å². The highest BCUT2D eigenvalue weighted by molar-refractivity contribution is 5.49. The fraction of sp³-hybridized carbons (Fsp3) is 0.600. The first-order valence-corrected chi connectivity index (χ1v) is 6.92. The van der Waals surface area contributed by atoms with Crippen molar-refractivity contribution in [3.05, 3.63) is 23.3 Å². The van der Waals surface area contributed by atoms with E-state index in [0.29, 0.717) is 17.1 Å². The number of ether oxygens (including phenoxy) is 2. The quantitative estimate of drug-likeness (QED) is 0.899. The molecule has 2 unspecified atom stereocenters. The molecule has 1 aromatic rings. The lowest BCUT2D eigenvalue weighted by molar-refractivity contribution is -0.136. The first kappa shape index (κ1) is 15.9. The summed E-state index contributed by atoms with van der Waals surface area (Å²) in [5, 5.41) is 10.1. The molecule has 0 saturated carbocycles. The number of hydrogen-bond acceptors (Lipinski definition) is 3. The SMILES string of the molecule is COc1cc2c(cc1C(O)CCCC(F)(F)F)OC(C)C2. The summed E-state index contributed by atoms with van der Waals surface area (Å²) >= 11 is 0. The Bertz CT molecular complexity index is 500. The van der Waals surface area contributed by atoms with Crippen LogP contribution >= 0.6 is 0 Å². The molecule has 1 aliphatic heterocycles. The van der Waals surface area contributed by atoms with E-state index in [0.717, 1.165) is 12.0 Å². The van der Waals surface area contributed by atoms with Crippen molar-refractivity contribution in [2.45, 2.75) is 51.0 Å². The van der Waals surface area contributed by atoms with E-state index < -0.39 is 18.7 Å². The van der Waals surface area contributed by atoms with Gasteiger partial charge in [0.25, 0.3) is 0 Å². The molecule has 1 N–H and O–H groups in total. The molecule has 0 fully saturated rings. The summed E-state index contributed by atoms with van der Waals surface area (Å²) in [4.78, 5) is 0. The summed E-state index contributed by atoms with van der Waals surface area (Å²) in [5.74, 6) is 1.17. The average Bonchev–Trinajstić information content (AvgIpc) is 2.74. The first-order valence-electron chi connectivity index (χ1n) is 6.92. The van der Waals surface area contributed by atoms with Crippen molar-refractivity contribution in [3.63, 3.8) is 0 Å². The molecule has 0 aliphatic carbocycles. The van der Waals surface area contributed by atoms with Crippen LogP contribution in [0.4, 0.5) is 13.2 Å². The van der Waals surface area contributed by atoms with Gasteiger partial charge >= 0.3 is 6.18 Å². The molecule has 6 heteroatoms. The normalized spacial score (nSPS) is 19.0. The zero-order chi connectivity index (χ0) is 15.6. The Morgan fingerprint density at radius 3 is 2.76 bits per heavy atom. The van der Waals surface area contributed by atoms with Crippen LogP contribution < -0.4 is 9.47 Å². The highest BCUT2D eigenvalue weighted by Gasteiger charge is 2.28. The van der Waals surface area contributed by atoms with E-state index in [1.807, 2.05) is 6.92 Å². The van der Waals surface area contributed by atoms with Gasteiger partial charge in [-0.25, -0.2) is 0 Å². The summed E-state index contributed by atoms with van der Waals surface area (Å²) < 4.78 is 47.3. The summed E-state index contributed by atoms with van der Waals surface area (Å²) in [6.45, 7) is 1.94. The zero-order valence-corrected chi connectivity index (χ0v) is 12.0. The fourth-order valence-corrected chi connectivity index (χ4v) is 2.54. The molecular weight excluding hydrogens is 285 g/mol. The predicted molar refractivity (Wildman–Crippen MR) is 71.7 cm³/mol. The Balaban J connectivity index is 2.10. The standard InChI is InChI=1S/C15H19F3O3/c1-9-6-10-7-14(20-2)11(8-13(10)21-9)12(19)4-3-5-15(16,17)18/h7-9,12,19H,3-6H2,1-2H3. The van der Waals surface area contributed by atoms with Crippen molar-refractivity contribution < 1.29 is 27.8 Å². The highest BCUT2D eigenvalue weighted by atomic mass is 19.4. The van der Waals surface area contributed by atoms with Gasteiger partial charge in [0.15, 0.2) is 0 Å². The third-order valence-electron chi connectivity index (χ3n) is 3.55. The van der Waals surface area contributed by atoms with Gasteiger partial charge in [-0.15, -0.1) is 0 Å². The van der Waals surface area contributed by atoms with Gasteiger partial charge in [-0.2, -0.15) is 13.2 Å². The lowest BCUT2D eigenvalue weighted by Crippen LogP contribution is -2.08. The maximum Gasteiger partial charge on any atom is 0.389 e. The second-order valence-corrected chi connectivity index (χ2v) is 5.36. The number of halogens is 3. The van der Waals surface area contributed by atoms with Gasteiger partial charge in [0, 0.05) is 24.0 Å². The molecule has 0 bridgehead atoms. The number of fused-ring (bicyclic) bond motifs is 1. The Labute approximate surface area is 121 Å². The molecule has 118 valence electrons. The Morgan fingerprint density at radius 2 is 2.14 bits per heavy atom. The number of benzene rings is 1. The van der Waals surface area contributed by atoms with E-state index in [4.69, 9.17) is 9.47 Å². The van der Waals surface area contributed by atoms with E-state index in [2.05, 4.69) is 0 Å². The molecular formula is C15H19F3O3. The van der Waals surface area contributed by atoms with Gasteiger partial charge in [0.05, 0.1) is 13.2 Å². The van der Waals surface area contributed by atoms with Crippen LogP contribution in [0.3, 0.4) is 0 Å². The minimum atomic E-state index is -4.19. The molecule has 0 saturated heterocycles. The Kier molecular flexibility index (Phi) is 4.66. The Morgan fingerprint density at radius 1 is 1.43 bits per heavy atom. The molecule has 0 radical (unpaired) electrons. The van der Waals surface area contributed by atoms with Crippen molar-refractivity contribution >= 4 is 0 Å². The van der Waals surface area contributed by atoms with E-state index >= 15 is 0 Å². The van der Waals surface area contributed by atoms with E-state index in [1.54, 1.807) is 12.1 Å². The molecule has 21 heavy (non-hydrogen) atoms. The van der Waals surface area contributed by atoms with Gasteiger partial charge in [-0.3, -0.25) is 0 Å². The van der Waals surface area contributed by atoms with E-state index in [9.17, 15) is 18.3 Å². The molecule has 0 aromatic heterocycles. The van der Waals surface area contributed by atoms with Crippen LogP contribution in [0.25, 0.3) is 0 Å². The number of methoxy groups -OCH3 is 1. The maximum absolute atomic E-state index is 12.2. The monoisotopic (exact) mass is 304 g/mol. The third kappa shape index (κ3) is 4.03. The van der Waals surface area contributed by atoms with Crippen molar-refractivity contribution in [2.75, 3.05) is 7.11 Å². The van der Waals surface area contributed by atoms with Crippen molar-refractivity contribution in [2.24, 2.45) is 0 Å². The summed E-state index contributed by atoms with van der Waals surface area (Å²) in [6, 6.07) is 3.47. The second-order valence-electron chi connectivity index (χ2n) is 5.36. The number of rotatable bonds is 5. The minimum absolute atomic E-state index is 0.0320. The van der Waals surface area contributed by atoms with Crippen LogP contribution in [0.2, 0.25) is 0 Å². The summed E-state index contributed by atoms with van der Waals surface area (Å²) in [6.07, 6.45) is -5.36. The number of alkyl halides is 3. The van der Waals surface area contributed by atoms with Crippen molar-refractivity contribution in [1.29, 1.82) is 0 Å². The third-order valence-corrected chi connectivity index (χ3v) is 3.55. The van der Waals surface area contributed by atoms with Crippen LogP contribution in [0.5, 0.6) is 11.5 Å². The average molecular weight is 304 g/mol. The maximum atomic E-state index is 12.2. The summed E-state index contributed by atoms with van der Waals surface area (Å²) in [7, 11) is 1.48. The second kappa shape index (κ2) is 6.13. The van der Waals surface area contributed by atoms with Crippen molar-refractivity contribution in [3.8, 4) is 11.5 Å². The molecule has 3 nitrogen and oxygen atoms in total. The zero-order valence-electron chi connectivity index (χ0n) is 12.0. The van der Waals surface area contributed by atoms with Gasteiger partial charge in [0.2, 0.25) is 0 Å². The van der Waals surface area contributed by atoms with Crippen molar-refractivity contribution in [1.82, 2.24) is 0 Å². The van der Waals surface area contributed by atoms with Crippen LogP contribution in [-0.4, -0.2) is 24.5 Å². The number of hydrogen-bond donors (Lipinski definition) is 1. The van der Waals surface area contributed by atoms with Crippen LogP contribution in [0.1, 0.15) is 43.4 Å². The smallest absolute Gasteiger partial charge is 0.389 e. The number of aliphatic hydroxyl groups excluding tert-OH is 1. The molecule has 2 rings (SSSR count).